The summed E-state index contributed by atoms with van der Waals surface area (Å²) in [7, 11) is 0. The average Bonchev–Trinajstić information content (AvgIpc) is 3.80. The molecular weight excluding hydrogens is 613 g/mol. The predicted octanol–water partition coefficient (Wildman–Crippen LogP) is 8.09. The molecule has 0 atom stereocenters. The van der Waals surface area contributed by atoms with Crippen molar-refractivity contribution >= 4 is 48.0 Å². The lowest BCUT2D eigenvalue weighted by atomic mass is 10.0. The highest BCUT2D eigenvalue weighted by Gasteiger charge is 2.05. The summed E-state index contributed by atoms with van der Waals surface area (Å²) in [4.78, 5) is 7.58. The molecule has 0 amide bonds. The average molecular weight is 655 g/mol. The molecule has 6 aliphatic heterocycles. The highest BCUT2D eigenvalue weighted by molar-refractivity contribution is 8.01. The van der Waals surface area contributed by atoms with Crippen molar-refractivity contribution in [3.05, 3.63) is 194 Å². The van der Waals surface area contributed by atoms with Crippen molar-refractivity contribution in [2.75, 3.05) is 11.9 Å². The Morgan fingerprint density at radius 3 is 1.90 bits per heavy atom. The van der Waals surface area contributed by atoms with Crippen LogP contribution in [0.3, 0.4) is 0 Å². The standard InChI is InChI=1S/2C10H9N.C6H7N.C5H6N2.C5H7N.C3H4N2S/c1-8-10-5-3-2-4-9(10)6-7-11-8;1-8-6-7-9-4-2-3-5-10(9)11-8;1-6-4-2-3-5-7-6;1-5-6-3-2-4-7-5;1-5-3-2-4-6-5;1-3-4-2-5-6-3/h2*2-7,11H,1H2;2-5,7H,1H2;2-4,6H,1H2;2-3,6H,1,4H2;2H,1H2,(H,4,5). The number of hydrogen-bond acceptors (Lipinski definition) is 9. The SMILES string of the molecule is C=C1C=CC=CN1.C=C1C=CCN1.C=C1C=Cc2ccccc2N1.C=C1N=CC=CN1.C=C1N=CNS1.C=C1NC=Cc2ccccc21. The normalized spacial score (nSPS) is 15.9. The van der Waals surface area contributed by atoms with Crippen LogP contribution >= 0.6 is 11.9 Å². The Morgan fingerprint density at radius 1 is 0.625 bits per heavy atom. The Morgan fingerprint density at radius 2 is 1.40 bits per heavy atom. The molecule has 0 radical (unpaired) electrons. The maximum absolute atomic E-state index is 3.89. The number of para-hydroxylation sites is 1. The van der Waals surface area contributed by atoms with Crippen LogP contribution in [0.1, 0.15) is 16.7 Å². The molecule has 0 bridgehead atoms. The first-order valence-corrected chi connectivity index (χ1v) is 15.7. The molecule has 0 saturated carbocycles. The highest BCUT2D eigenvalue weighted by Crippen LogP contribution is 2.23. The molecule has 6 aliphatic rings. The van der Waals surface area contributed by atoms with Crippen molar-refractivity contribution in [3.63, 3.8) is 0 Å². The first-order valence-electron chi connectivity index (χ1n) is 14.9. The van der Waals surface area contributed by atoms with E-state index in [1.54, 1.807) is 18.8 Å². The molecule has 8 rings (SSSR count). The zero-order valence-corrected chi connectivity index (χ0v) is 27.8. The van der Waals surface area contributed by atoms with E-state index >= 15 is 0 Å². The van der Waals surface area contributed by atoms with Crippen molar-refractivity contribution in [3.8, 4) is 0 Å². The third-order valence-electron chi connectivity index (χ3n) is 6.17. The molecule has 9 heteroatoms. The van der Waals surface area contributed by atoms with E-state index in [0.29, 0.717) is 5.82 Å². The van der Waals surface area contributed by atoms with Gasteiger partial charge in [-0.2, -0.15) is 0 Å². The summed E-state index contributed by atoms with van der Waals surface area (Å²) >= 11 is 1.43. The maximum atomic E-state index is 3.89. The minimum atomic E-state index is 0.697. The summed E-state index contributed by atoms with van der Waals surface area (Å²) in [6.07, 6.45) is 26.6. The van der Waals surface area contributed by atoms with Crippen LogP contribution in [0.15, 0.2) is 187 Å². The lowest BCUT2D eigenvalue weighted by Crippen LogP contribution is -2.07. The Bertz CT molecular complexity index is 1670. The first kappa shape index (κ1) is 36.3. The second kappa shape index (κ2) is 20.8. The van der Waals surface area contributed by atoms with Crippen LogP contribution in [0, 0.1) is 0 Å². The molecule has 48 heavy (non-hydrogen) atoms. The third-order valence-corrected chi connectivity index (χ3v) is 6.73. The van der Waals surface area contributed by atoms with E-state index < -0.39 is 0 Å². The maximum Gasteiger partial charge on any atom is 0.122 e. The number of dihydropyridines is 1. The number of benzene rings is 2. The van der Waals surface area contributed by atoms with E-state index in [9.17, 15) is 0 Å². The molecule has 6 heterocycles. The largest absolute Gasteiger partial charge is 0.382 e. The molecular formula is C39H42N8S. The lowest BCUT2D eigenvalue weighted by molar-refractivity contribution is 0.987. The van der Waals surface area contributed by atoms with Gasteiger partial charge in [-0.25, -0.2) is 9.98 Å². The molecule has 0 fully saturated rings. The number of anilines is 1. The quantitative estimate of drug-likeness (QED) is 0.160. The summed E-state index contributed by atoms with van der Waals surface area (Å²) in [5, 5.41) is 15.8. The van der Waals surface area contributed by atoms with Gasteiger partial charge in [0.1, 0.15) is 10.9 Å². The van der Waals surface area contributed by atoms with Gasteiger partial charge in [0.15, 0.2) is 0 Å². The third kappa shape index (κ3) is 14.3. The molecule has 6 N–H and O–H groups in total. The molecule has 244 valence electrons. The zero-order chi connectivity index (χ0) is 34.4. The van der Waals surface area contributed by atoms with Gasteiger partial charge in [-0.15, -0.1) is 0 Å². The van der Waals surface area contributed by atoms with Crippen molar-refractivity contribution in [2.45, 2.75) is 0 Å². The van der Waals surface area contributed by atoms with Gasteiger partial charge in [0.2, 0.25) is 0 Å². The Kier molecular flexibility index (Phi) is 15.7. The minimum Gasteiger partial charge on any atom is -0.382 e. The zero-order valence-electron chi connectivity index (χ0n) is 27.0. The number of fused-ring (bicyclic) bond motifs is 2. The van der Waals surface area contributed by atoms with Crippen LogP contribution in [0.4, 0.5) is 5.69 Å². The van der Waals surface area contributed by atoms with Gasteiger partial charge < -0.3 is 31.3 Å². The molecule has 8 nitrogen and oxygen atoms in total. The van der Waals surface area contributed by atoms with E-state index in [0.717, 1.165) is 40.0 Å². The fraction of sp³-hybridized carbons (Fsp3) is 0.0256. The molecule has 0 aromatic heterocycles. The van der Waals surface area contributed by atoms with E-state index in [2.05, 4.69) is 105 Å². The second-order valence-corrected chi connectivity index (χ2v) is 10.8. The van der Waals surface area contributed by atoms with Gasteiger partial charge in [0.05, 0.1) is 6.34 Å². The van der Waals surface area contributed by atoms with Crippen LogP contribution in [0.5, 0.6) is 0 Å². The van der Waals surface area contributed by atoms with E-state index in [1.807, 2.05) is 91.3 Å². The number of aliphatic imine (C=N–C) groups is 2. The topological polar surface area (TPSA) is 96.9 Å². The van der Waals surface area contributed by atoms with E-state index in [1.165, 1.54) is 28.6 Å². The Hall–Kier alpha value is -6.19. The van der Waals surface area contributed by atoms with Crippen molar-refractivity contribution in [1.82, 2.24) is 26.0 Å². The fourth-order valence-corrected chi connectivity index (χ4v) is 4.19. The number of rotatable bonds is 0. The van der Waals surface area contributed by atoms with Crippen LogP contribution in [0.2, 0.25) is 0 Å². The molecule has 0 unspecified atom stereocenters. The number of allylic oxidation sites excluding steroid dienone is 6. The molecule has 0 aliphatic carbocycles. The monoisotopic (exact) mass is 654 g/mol. The molecule has 2 aromatic carbocycles. The van der Waals surface area contributed by atoms with Crippen molar-refractivity contribution in [1.29, 1.82) is 0 Å². The van der Waals surface area contributed by atoms with Gasteiger partial charge in [0.25, 0.3) is 0 Å². The van der Waals surface area contributed by atoms with Crippen LogP contribution in [0.25, 0.3) is 17.8 Å². The second-order valence-electron chi connectivity index (χ2n) is 9.91. The summed E-state index contributed by atoms with van der Waals surface area (Å²) in [5.74, 6) is 0.697. The predicted molar refractivity (Wildman–Crippen MR) is 211 cm³/mol. The number of nitrogens with zero attached hydrogens (tertiary/aromatic N) is 2. The summed E-state index contributed by atoms with van der Waals surface area (Å²) in [6, 6.07) is 16.4. The Balaban J connectivity index is 0.000000159. The van der Waals surface area contributed by atoms with Crippen molar-refractivity contribution in [2.24, 2.45) is 9.98 Å². The van der Waals surface area contributed by atoms with Crippen LogP contribution in [-0.4, -0.2) is 19.1 Å². The van der Waals surface area contributed by atoms with Gasteiger partial charge >= 0.3 is 0 Å². The van der Waals surface area contributed by atoms with Crippen LogP contribution in [-0.2, 0) is 0 Å². The van der Waals surface area contributed by atoms with Crippen molar-refractivity contribution < 1.29 is 0 Å². The summed E-state index contributed by atoms with van der Waals surface area (Å²) in [6.45, 7) is 23.1. The molecule has 0 spiro atoms. The summed E-state index contributed by atoms with van der Waals surface area (Å²) in [5.41, 5.74) is 8.68. The molecule has 0 saturated heterocycles. The van der Waals surface area contributed by atoms with Gasteiger partial charge in [-0.3, -0.25) is 0 Å². The molecule has 2 aromatic rings. The van der Waals surface area contributed by atoms with Gasteiger partial charge in [-0.05, 0) is 53.6 Å². The fourth-order valence-electron chi connectivity index (χ4n) is 3.85. The van der Waals surface area contributed by atoms with Gasteiger partial charge in [0, 0.05) is 77.3 Å². The first-order chi connectivity index (χ1) is 23.3. The summed E-state index contributed by atoms with van der Waals surface area (Å²) < 4.78 is 2.80. The number of nitrogens with one attached hydrogen (secondary N) is 6. The lowest BCUT2D eigenvalue weighted by Gasteiger charge is -2.13. The highest BCUT2D eigenvalue weighted by atomic mass is 32.2. The van der Waals surface area contributed by atoms with Crippen LogP contribution < -0.4 is 31.3 Å². The van der Waals surface area contributed by atoms with E-state index in [-0.39, 0.29) is 0 Å². The number of hydrogen-bond donors (Lipinski definition) is 6. The Labute approximate surface area is 288 Å². The van der Waals surface area contributed by atoms with E-state index in [4.69, 9.17) is 0 Å². The smallest absolute Gasteiger partial charge is 0.122 e. The van der Waals surface area contributed by atoms with Gasteiger partial charge in [-0.1, -0.05) is 100 Å². The minimum absolute atomic E-state index is 0.697.